The number of halogens is 3. The summed E-state index contributed by atoms with van der Waals surface area (Å²) in [5, 5.41) is 13.4. The van der Waals surface area contributed by atoms with Gasteiger partial charge in [-0.3, -0.25) is 4.79 Å². The SMILES string of the molecule is O=C1Nc2ccccc2C(c2ccccc2)=NC1Nc1nnc(-c2ccc(C(F)(F)F)cc2)o1. The maximum absolute atomic E-state index is 12.9. The Morgan fingerprint density at radius 3 is 2.29 bits per heavy atom. The molecule has 0 fully saturated rings. The van der Waals surface area contributed by atoms with E-state index in [4.69, 9.17) is 4.42 Å². The van der Waals surface area contributed by atoms with E-state index in [2.05, 4.69) is 25.8 Å². The highest BCUT2D eigenvalue weighted by molar-refractivity contribution is 6.19. The van der Waals surface area contributed by atoms with Crippen LogP contribution in [0.15, 0.2) is 88.3 Å². The van der Waals surface area contributed by atoms with E-state index >= 15 is 0 Å². The van der Waals surface area contributed by atoms with Crippen molar-refractivity contribution in [1.29, 1.82) is 0 Å². The average Bonchev–Trinajstić information content (AvgIpc) is 3.25. The zero-order chi connectivity index (χ0) is 23.7. The number of carbonyl (C=O) groups is 1. The van der Waals surface area contributed by atoms with Crippen LogP contribution in [0.25, 0.3) is 11.5 Å². The number of para-hydroxylation sites is 1. The Kier molecular flexibility index (Phi) is 5.33. The smallest absolute Gasteiger partial charge is 0.403 e. The fraction of sp³-hybridized carbons (Fsp3) is 0.0833. The number of aromatic nitrogens is 2. The summed E-state index contributed by atoms with van der Waals surface area (Å²) in [5.74, 6) is -0.437. The molecule has 0 bridgehead atoms. The molecule has 3 aromatic carbocycles. The predicted molar refractivity (Wildman–Crippen MR) is 119 cm³/mol. The number of alkyl halides is 3. The number of carbonyl (C=O) groups excluding carboxylic acids is 1. The minimum Gasteiger partial charge on any atom is -0.403 e. The van der Waals surface area contributed by atoms with Crippen LogP contribution < -0.4 is 10.6 Å². The first-order valence-corrected chi connectivity index (χ1v) is 10.2. The molecule has 170 valence electrons. The molecule has 2 heterocycles. The van der Waals surface area contributed by atoms with Gasteiger partial charge in [0.2, 0.25) is 12.1 Å². The summed E-state index contributed by atoms with van der Waals surface area (Å²) in [5.41, 5.74) is 2.28. The van der Waals surface area contributed by atoms with Crippen LogP contribution in [-0.2, 0) is 11.0 Å². The van der Waals surface area contributed by atoms with Gasteiger partial charge in [0.1, 0.15) is 0 Å². The van der Waals surface area contributed by atoms with Gasteiger partial charge in [0.15, 0.2) is 0 Å². The largest absolute Gasteiger partial charge is 0.416 e. The summed E-state index contributed by atoms with van der Waals surface area (Å²) >= 11 is 0. The fourth-order valence-electron chi connectivity index (χ4n) is 3.50. The molecule has 1 unspecified atom stereocenters. The van der Waals surface area contributed by atoms with Crippen LogP contribution in [0.4, 0.5) is 24.9 Å². The van der Waals surface area contributed by atoms with Crippen LogP contribution in [0, 0.1) is 0 Å². The van der Waals surface area contributed by atoms with Crippen LogP contribution in [0.3, 0.4) is 0 Å². The van der Waals surface area contributed by atoms with Crippen molar-refractivity contribution in [1.82, 2.24) is 10.2 Å². The molecular weight excluding hydrogens is 447 g/mol. The number of amides is 1. The number of nitrogens with zero attached hydrogens (tertiary/aromatic N) is 3. The van der Waals surface area contributed by atoms with Gasteiger partial charge in [-0.1, -0.05) is 53.6 Å². The molecule has 0 radical (unpaired) electrons. The first-order chi connectivity index (χ1) is 16.4. The van der Waals surface area contributed by atoms with Crippen molar-refractivity contribution in [2.75, 3.05) is 10.6 Å². The highest BCUT2D eigenvalue weighted by Crippen LogP contribution is 2.31. The molecule has 1 amide bonds. The van der Waals surface area contributed by atoms with Crippen LogP contribution in [0.5, 0.6) is 0 Å². The highest BCUT2D eigenvalue weighted by atomic mass is 19.4. The molecule has 4 aromatic rings. The molecule has 5 rings (SSSR count). The van der Waals surface area contributed by atoms with E-state index in [-0.39, 0.29) is 11.9 Å². The normalized spacial score (nSPS) is 15.7. The maximum Gasteiger partial charge on any atom is 0.416 e. The van der Waals surface area contributed by atoms with Gasteiger partial charge in [-0.25, -0.2) is 4.99 Å². The summed E-state index contributed by atoms with van der Waals surface area (Å²) < 4.78 is 43.9. The highest BCUT2D eigenvalue weighted by Gasteiger charge is 2.30. The second-order valence-electron chi connectivity index (χ2n) is 7.41. The van der Waals surface area contributed by atoms with E-state index < -0.39 is 23.8 Å². The summed E-state index contributed by atoms with van der Waals surface area (Å²) in [4.78, 5) is 17.5. The standard InChI is InChI=1S/C24H16F3N5O2/c25-24(26,27)16-12-10-15(11-13-16)22-31-32-23(34-22)30-20-21(33)28-18-9-5-4-8-17(18)19(29-20)14-6-2-1-3-7-14/h1-13,20H,(H,28,33)(H,30,32). The number of benzodiazepines with no additional fused rings is 1. The first kappa shape index (κ1) is 21.4. The number of nitrogens with one attached hydrogen (secondary N) is 2. The zero-order valence-corrected chi connectivity index (χ0v) is 17.4. The van der Waals surface area contributed by atoms with Crippen molar-refractivity contribution >= 4 is 23.3 Å². The Bertz CT molecular complexity index is 1370. The second kappa shape index (κ2) is 8.47. The number of hydrogen-bond donors (Lipinski definition) is 2. The van der Waals surface area contributed by atoms with Gasteiger partial charge in [0.25, 0.3) is 5.91 Å². The van der Waals surface area contributed by atoms with E-state index in [1.54, 1.807) is 6.07 Å². The quantitative estimate of drug-likeness (QED) is 0.445. The van der Waals surface area contributed by atoms with E-state index in [0.717, 1.165) is 23.3 Å². The lowest BCUT2D eigenvalue weighted by Gasteiger charge is -2.11. The zero-order valence-electron chi connectivity index (χ0n) is 17.4. The number of hydrogen-bond acceptors (Lipinski definition) is 6. The Morgan fingerprint density at radius 1 is 0.853 bits per heavy atom. The van der Waals surface area contributed by atoms with Crippen molar-refractivity contribution in [3.05, 3.63) is 95.6 Å². The number of aliphatic imine (C=N–C) groups is 1. The summed E-state index contributed by atoms with van der Waals surface area (Å²) in [7, 11) is 0. The van der Waals surface area contributed by atoms with Crippen molar-refractivity contribution in [2.24, 2.45) is 4.99 Å². The van der Waals surface area contributed by atoms with Gasteiger partial charge < -0.3 is 15.1 Å². The molecule has 1 atom stereocenters. The van der Waals surface area contributed by atoms with Crippen LogP contribution in [-0.4, -0.2) is 28.0 Å². The second-order valence-corrected chi connectivity index (χ2v) is 7.41. The third-order valence-corrected chi connectivity index (χ3v) is 5.14. The van der Waals surface area contributed by atoms with E-state index in [9.17, 15) is 18.0 Å². The average molecular weight is 463 g/mol. The summed E-state index contributed by atoms with van der Waals surface area (Å²) in [6.45, 7) is 0. The monoisotopic (exact) mass is 463 g/mol. The Balaban J connectivity index is 1.44. The fourth-order valence-corrected chi connectivity index (χ4v) is 3.50. The predicted octanol–water partition coefficient (Wildman–Crippen LogP) is 4.98. The first-order valence-electron chi connectivity index (χ1n) is 10.2. The topological polar surface area (TPSA) is 92.4 Å². The molecule has 0 saturated carbocycles. The van der Waals surface area contributed by atoms with Gasteiger partial charge in [0, 0.05) is 16.7 Å². The lowest BCUT2D eigenvalue weighted by atomic mass is 10.0. The molecular formula is C24H16F3N5O2. The minimum absolute atomic E-state index is 0.000744. The van der Waals surface area contributed by atoms with Crippen molar-refractivity contribution < 1.29 is 22.4 Å². The van der Waals surface area contributed by atoms with E-state index in [1.807, 2.05) is 48.5 Å². The van der Waals surface area contributed by atoms with E-state index in [0.29, 0.717) is 17.0 Å². The van der Waals surface area contributed by atoms with Gasteiger partial charge >= 0.3 is 12.2 Å². The molecule has 2 N–H and O–H groups in total. The summed E-state index contributed by atoms with van der Waals surface area (Å²) in [6, 6.07) is 20.9. The molecule has 10 heteroatoms. The molecule has 0 aliphatic carbocycles. The lowest BCUT2D eigenvalue weighted by molar-refractivity contribution is -0.137. The molecule has 1 aliphatic rings. The summed E-state index contributed by atoms with van der Waals surface area (Å²) in [6.07, 6.45) is -5.54. The maximum atomic E-state index is 12.9. The molecule has 1 aromatic heterocycles. The Labute approximate surface area is 191 Å². The number of rotatable bonds is 4. The Morgan fingerprint density at radius 2 is 1.56 bits per heavy atom. The van der Waals surface area contributed by atoms with Crippen molar-refractivity contribution in [2.45, 2.75) is 12.3 Å². The third-order valence-electron chi connectivity index (χ3n) is 5.14. The van der Waals surface area contributed by atoms with Crippen LogP contribution in [0.1, 0.15) is 16.7 Å². The van der Waals surface area contributed by atoms with Crippen LogP contribution >= 0.6 is 0 Å². The molecule has 0 saturated heterocycles. The van der Waals surface area contributed by atoms with Gasteiger partial charge in [-0.2, -0.15) is 13.2 Å². The van der Waals surface area contributed by atoms with Gasteiger partial charge in [-0.05, 0) is 30.3 Å². The minimum atomic E-state index is -4.45. The van der Waals surface area contributed by atoms with E-state index in [1.165, 1.54) is 12.1 Å². The number of fused-ring (bicyclic) bond motifs is 1. The Hall–Kier alpha value is -4.47. The molecule has 0 spiro atoms. The third kappa shape index (κ3) is 4.25. The molecule has 7 nitrogen and oxygen atoms in total. The molecule has 1 aliphatic heterocycles. The van der Waals surface area contributed by atoms with Crippen LogP contribution in [0.2, 0.25) is 0 Å². The number of anilines is 2. The van der Waals surface area contributed by atoms with Gasteiger partial charge in [-0.15, -0.1) is 5.10 Å². The van der Waals surface area contributed by atoms with Crippen molar-refractivity contribution in [3.63, 3.8) is 0 Å². The van der Waals surface area contributed by atoms with Crippen molar-refractivity contribution in [3.8, 4) is 11.5 Å². The molecule has 34 heavy (non-hydrogen) atoms. The van der Waals surface area contributed by atoms with Gasteiger partial charge in [0.05, 0.1) is 17.0 Å². The lowest BCUT2D eigenvalue weighted by Crippen LogP contribution is -2.32. The number of benzene rings is 3.